The van der Waals surface area contributed by atoms with Crippen LogP contribution >= 0.6 is 23.2 Å². The van der Waals surface area contributed by atoms with Crippen LogP contribution in [0.2, 0.25) is 10.0 Å². The van der Waals surface area contributed by atoms with Crippen molar-refractivity contribution in [3.8, 4) is 28.6 Å². The van der Waals surface area contributed by atoms with Crippen LogP contribution in [0.5, 0.6) is 11.5 Å². The van der Waals surface area contributed by atoms with E-state index in [4.69, 9.17) is 38.4 Å². The number of nitrogens with zero attached hydrogens (tertiary/aromatic N) is 6. The van der Waals surface area contributed by atoms with E-state index in [-0.39, 0.29) is 23.9 Å². The van der Waals surface area contributed by atoms with E-state index in [1.165, 1.54) is 6.21 Å². The van der Waals surface area contributed by atoms with E-state index in [9.17, 15) is 4.79 Å². The Hall–Kier alpha value is -4.94. The van der Waals surface area contributed by atoms with Crippen LogP contribution in [0.25, 0.3) is 17.1 Å². The lowest BCUT2D eigenvalue weighted by Gasteiger charge is -2.13. The van der Waals surface area contributed by atoms with E-state index in [1.807, 2.05) is 25.1 Å². The van der Waals surface area contributed by atoms with Gasteiger partial charge in [0.1, 0.15) is 12.3 Å². The molecule has 14 heteroatoms. The molecule has 2 heterocycles. The minimum absolute atomic E-state index is 0.0191. The number of anilines is 1. The molecule has 0 saturated carbocycles. The topological polar surface area (TPSA) is 156 Å². The lowest BCUT2D eigenvalue weighted by molar-refractivity contribution is 0.0947. The van der Waals surface area contributed by atoms with Gasteiger partial charge in [-0.05, 0) is 53.1 Å². The fourth-order valence-electron chi connectivity index (χ4n) is 3.77. The fourth-order valence-corrected chi connectivity index (χ4v) is 4.23. The van der Waals surface area contributed by atoms with Gasteiger partial charge in [0.15, 0.2) is 17.2 Å². The van der Waals surface area contributed by atoms with Crippen molar-refractivity contribution < 1.29 is 18.9 Å². The average Bonchev–Trinajstić information content (AvgIpc) is 3.60. The molecular formula is C27H22Cl2N8O4. The first-order chi connectivity index (χ1) is 19.9. The van der Waals surface area contributed by atoms with E-state index in [2.05, 4.69) is 35.8 Å². The molecule has 5 rings (SSSR count). The van der Waals surface area contributed by atoms with Crippen LogP contribution in [-0.2, 0) is 6.61 Å². The molecule has 1 amide bonds. The molecule has 12 nitrogen and oxygen atoms in total. The van der Waals surface area contributed by atoms with Crippen molar-refractivity contribution in [1.29, 1.82) is 0 Å². The van der Waals surface area contributed by atoms with Crippen LogP contribution in [0.4, 0.5) is 5.82 Å². The van der Waals surface area contributed by atoms with Gasteiger partial charge in [0.05, 0.1) is 12.8 Å². The van der Waals surface area contributed by atoms with Crippen molar-refractivity contribution in [2.45, 2.75) is 13.5 Å². The maximum Gasteiger partial charge on any atom is 0.292 e. The van der Waals surface area contributed by atoms with Crippen molar-refractivity contribution >= 4 is 41.1 Å². The number of hydrogen-bond donors (Lipinski definition) is 2. The number of ether oxygens (including phenoxy) is 2. The zero-order valence-corrected chi connectivity index (χ0v) is 23.0. The van der Waals surface area contributed by atoms with E-state index in [0.717, 1.165) is 10.2 Å². The smallest absolute Gasteiger partial charge is 0.292 e. The summed E-state index contributed by atoms with van der Waals surface area (Å²) in [6, 6.07) is 19.5. The number of benzene rings is 3. The minimum atomic E-state index is -0.614. The van der Waals surface area contributed by atoms with Crippen LogP contribution in [0.1, 0.15) is 28.5 Å². The molecule has 208 valence electrons. The number of rotatable bonds is 10. The summed E-state index contributed by atoms with van der Waals surface area (Å²) >= 11 is 12.2. The van der Waals surface area contributed by atoms with E-state index < -0.39 is 5.91 Å². The fraction of sp³-hybridized carbons (Fsp3) is 0.111. The van der Waals surface area contributed by atoms with Gasteiger partial charge in [-0.25, -0.2) is 10.1 Å². The molecule has 5 aromatic rings. The molecular weight excluding hydrogens is 571 g/mol. The van der Waals surface area contributed by atoms with Crippen molar-refractivity contribution in [3.05, 3.63) is 93.6 Å². The lowest BCUT2D eigenvalue weighted by atomic mass is 10.1. The number of aromatic nitrogens is 5. The Labute approximate surface area is 243 Å². The summed E-state index contributed by atoms with van der Waals surface area (Å²) in [4.78, 5) is 13.3. The summed E-state index contributed by atoms with van der Waals surface area (Å²) in [7, 11) is 0. The predicted molar refractivity (Wildman–Crippen MR) is 153 cm³/mol. The quantitative estimate of drug-likeness (QED) is 0.169. The number of nitrogen functional groups attached to an aromatic ring is 1. The zero-order chi connectivity index (χ0) is 28.8. The Kier molecular flexibility index (Phi) is 8.42. The van der Waals surface area contributed by atoms with Gasteiger partial charge in [0, 0.05) is 21.2 Å². The van der Waals surface area contributed by atoms with Crippen molar-refractivity contribution in [1.82, 2.24) is 30.7 Å². The van der Waals surface area contributed by atoms with Crippen LogP contribution in [-0.4, -0.2) is 44.0 Å². The molecule has 0 fully saturated rings. The summed E-state index contributed by atoms with van der Waals surface area (Å²) in [5.41, 5.74) is 10.7. The largest absolute Gasteiger partial charge is 0.490 e. The molecule has 0 spiro atoms. The van der Waals surface area contributed by atoms with Crippen molar-refractivity contribution in [2.24, 2.45) is 5.10 Å². The van der Waals surface area contributed by atoms with Gasteiger partial charge in [-0.1, -0.05) is 64.8 Å². The second kappa shape index (κ2) is 12.5. The molecule has 2 aromatic heterocycles. The molecule has 0 aliphatic rings. The highest BCUT2D eigenvalue weighted by Gasteiger charge is 2.25. The highest BCUT2D eigenvalue weighted by molar-refractivity contribution is 6.35. The van der Waals surface area contributed by atoms with Gasteiger partial charge in [0.25, 0.3) is 5.91 Å². The number of nitrogens with two attached hydrogens (primary N) is 1. The molecule has 0 aliphatic heterocycles. The third-order valence-electron chi connectivity index (χ3n) is 5.67. The SMILES string of the molecule is CCOc1cc(/C=N/NC(=O)c2c(-c3ccccc3)nnn2-c2nonc2N)ccc1OCc1ccc(Cl)cc1Cl. The Morgan fingerprint density at radius 2 is 1.90 bits per heavy atom. The summed E-state index contributed by atoms with van der Waals surface area (Å²) in [5, 5.41) is 20.6. The number of hydrazone groups is 1. The maximum absolute atomic E-state index is 13.3. The van der Waals surface area contributed by atoms with Crippen LogP contribution in [0.15, 0.2) is 76.5 Å². The zero-order valence-electron chi connectivity index (χ0n) is 21.5. The third kappa shape index (κ3) is 6.29. The highest BCUT2D eigenvalue weighted by Crippen LogP contribution is 2.30. The number of carbonyl (C=O) groups excluding carboxylic acids is 1. The molecule has 0 aliphatic carbocycles. The summed E-state index contributed by atoms with van der Waals surface area (Å²) < 4.78 is 17.5. The molecule has 3 N–H and O–H groups in total. The van der Waals surface area contributed by atoms with Gasteiger partial charge in [-0.15, -0.1) is 5.10 Å². The average molecular weight is 593 g/mol. The first-order valence-electron chi connectivity index (χ1n) is 12.2. The monoisotopic (exact) mass is 592 g/mol. The van der Waals surface area contributed by atoms with E-state index >= 15 is 0 Å². The summed E-state index contributed by atoms with van der Waals surface area (Å²) in [6.45, 7) is 2.49. The van der Waals surface area contributed by atoms with Gasteiger partial charge in [-0.3, -0.25) is 4.79 Å². The Bertz CT molecular complexity index is 1700. The summed E-state index contributed by atoms with van der Waals surface area (Å²) in [5.74, 6) is 0.356. The molecule has 3 aromatic carbocycles. The molecule has 0 atom stereocenters. The first kappa shape index (κ1) is 27.6. The summed E-state index contributed by atoms with van der Waals surface area (Å²) in [6.07, 6.45) is 1.46. The van der Waals surface area contributed by atoms with Crippen molar-refractivity contribution in [2.75, 3.05) is 12.3 Å². The van der Waals surface area contributed by atoms with E-state index in [0.29, 0.717) is 45.0 Å². The predicted octanol–water partition coefficient (Wildman–Crippen LogP) is 4.95. The number of halogens is 2. The minimum Gasteiger partial charge on any atom is -0.490 e. The Morgan fingerprint density at radius 1 is 1.07 bits per heavy atom. The standard InChI is InChI=1S/C27H22Cl2N8O4/c1-2-39-22-12-16(8-11-21(22)40-15-18-9-10-19(28)13-20(18)29)14-31-33-27(38)24-23(17-6-4-3-5-7-17)32-36-37(24)26-25(30)34-41-35-26/h3-14H,2,15H2,1H3,(H2,30,34)(H,33,38)/b31-14+. The van der Waals surface area contributed by atoms with Gasteiger partial charge >= 0.3 is 0 Å². The third-order valence-corrected chi connectivity index (χ3v) is 6.26. The van der Waals surface area contributed by atoms with Gasteiger partial charge in [0.2, 0.25) is 11.6 Å². The van der Waals surface area contributed by atoms with Crippen molar-refractivity contribution in [3.63, 3.8) is 0 Å². The normalized spacial score (nSPS) is 11.1. The molecule has 0 unspecified atom stereocenters. The Morgan fingerprint density at radius 3 is 2.63 bits per heavy atom. The molecule has 0 bridgehead atoms. The number of amides is 1. The Balaban J connectivity index is 1.35. The second-order valence-electron chi connectivity index (χ2n) is 8.40. The highest BCUT2D eigenvalue weighted by atomic mass is 35.5. The second-order valence-corrected chi connectivity index (χ2v) is 9.24. The van der Waals surface area contributed by atoms with Crippen LogP contribution in [0, 0.1) is 0 Å². The maximum atomic E-state index is 13.3. The van der Waals surface area contributed by atoms with Crippen LogP contribution < -0.4 is 20.6 Å². The number of carbonyl (C=O) groups is 1. The first-order valence-corrected chi connectivity index (χ1v) is 13.0. The molecule has 41 heavy (non-hydrogen) atoms. The molecule has 0 radical (unpaired) electrons. The van der Waals surface area contributed by atoms with E-state index in [1.54, 1.807) is 48.5 Å². The number of hydrogen-bond acceptors (Lipinski definition) is 10. The van der Waals surface area contributed by atoms with Gasteiger partial charge in [-0.2, -0.15) is 9.78 Å². The van der Waals surface area contributed by atoms with Crippen LogP contribution in [0.3, 0.4) is 0 Å². The van der Waals surface area contributed by atoms with Gasteiger partial charge < -0.3 is 15.2 Å². The molecule has 0 saturated heterocycles. The number of nitrogens with one attached hydrogen (secondary N) is 1. The lowest BCUT2D eigenvalue weighted by Crippen LogP contribution is -2.22.